The highest BCUT2D eigenvalue weighted by atomic mass is 15.1. The van der Waals surface area contributed by atoms with Gasteiger partial charge in [0, 0.05) is 18.4 Å². The molecule has 0 radical (unpaired) electrons. The molecule has 4 heteroatoms. The minimum Gasteiger partial charge on any atom is -0.384 e. The highest BCUT2D eigenvalue weighted by molar-refractivity contribution is 6.02. The van der Waals surface area contributed by atoms with E-state index >= 15 is 0 Å². The largest absolute Gasteiger partial charge is 0.384 e. The monoisotopic (exact) mass is 254 g/mol. The molecule has 1 heterocycles. The van der Waals surface area contributed by atoms with E-state index in [2.05, 4.69) is 4.98 Å². The SMILES string of the molecule is Cc1cc(N(C)c2ccccc2)c(C(=N)N)c(C)n1. The Hall–Kier alpha value is -2.36. The van der Waals surface area contributed by atoms with Gasteiger partial charge < -0.3 is 10.6 Å². The van der Waals surface area contributed by atoms with Crippen LogP contribution in [0.25, 0.3) is 0 Å². The van der Waals surface area contributed by atoms with E-state index in [1.807, 2.05) is 62.2 Å². The number of benzene rings is 1. The lowest BCUT2D eigenvalue weighted by Gasteiger charge is -2.23. The lowest BCUT2D eigenvalue weighted by atomic mass is 10.1. The Morgan fingerprint density at radius 2 is 1.84 bits per heavy atom. The zero-order valence-electron chi connectivity index (χ0n) is 11.4. The second-order valence-electron chi connectivity index (χ2n) is 4.55. The zero-order chi connectivity index (χ0) is 14.0. The summed E-state index contributed by atoms with van der Waals surface area (Å²) in [5, 5.41) is 7.75. The van der Waals surface area contributed by atoms with Crippen molar-refractivity contribution in [1.29, 1.82) is 5.41 Å². The number of pyridine rings is 1. The number of nitrogens with one attached hydrogen (secondary N) is 1. The molecule has 98 valence electrons. The second-order valence-corrected chi connectivity index (χ2v) is 4.55. The number of aromatic nitrogens is 1. The van der Waals surface area contributed by atoms with Gasteiger partial charge in [0.1, 0.15) is 5.84 Å². The normalized spacial score (nSPS) is 10.3. The number of rotatable bonds is 3. The molecule has 0 fully saturated rings. The number of anilines is 2. The molecule has 0 saturated heterocycles. The topological polar surface area (TPSA) is 66.0 Å². The highest BCUT2D eigenvalue weighted by Crippen LogP contribution is 2.28. The van der Waals surface area contributed by atoms with Crippen LogP contribution >= 0.6 is 0 Å². The zero-order valence-corrected chi connectivity index (χ0v) is 11.4. The lowest BCUT2D eigenvalue weighted by molar-refractivity contribution is 1.08. The van der Waals surface area contributed by atoms with Crippen LogP contribution < -0.4 is 10.6 Å². The Morgan fingerprint density at radius 1 is 1.21 bits per heavy atom. The molecule has 0 amide bonds. The van der Waals surface area contributed by atoms with Crippen LogP contribution in [0.4, 0.5) is 11.4 Å². The second kappa shape index (κ2) is 5.10. The van der Waals surface area contributed by atoms with E-state index in [4.69, 9.17) is 11.1 Å². The fourth-order valence-corrected chi connectivity index (χ4v) is 2.20. The molecule has 3 N–H and O–H groups in total. The summed E-state index contributed by atoms with van der Waals surface area (Å²) in [6.45, 7) is 3.82. The molecule has 1 aromatic heterocycles. The van der Waals surface area contributed by atoms with Gasteiger partial charge in [0.2, 0.25) is 0 Å². The summed E-state index contributed by atoms with van der Waals surface area (Å²) in [7, 11) is 1.97. The fraction of sp³-hybridized carbons (Fsp3) is 0.200. The molecule has 4 nitrogen and oxygen atoms in total. The maximum Gasteiger partial charge on any atom is 0.126 e. The first-order chi connectivity index (χ1) is 9.00. The summed E-state index contributed by atoms with van der Waals surface area (Å²) >= 11 is 0. The fourth-order valence-electron chi connectivity index (χ4n) is 2.20. The van der Waals surface area contributed by atoms with Crippen molar-refractivity contribution in [3.8, 4) is 0 Å². The summed E-state index contributed by atoms with van der Waals surface area (Å²) in [4.78, 5) is 6.41. The van der Waals surface area contributed by atoms with Crippen LogP contribution in [0.1, 0.15) is 17.0 Å². The number of nitrogens with two attached hydrogens (primary N) is 1. The Bertz CT molecular complexity index is 605. The molecule has 2 rings (SSSR count). The first kappa shape index (κ1) is 13.1. The van der Waals surface area contributed by atoms with Crippen molar-refractivity contribution in [1.82, 2.24) is 4.98 Å². The van der Waals surface area contributed by atoms with Gasteiger partial charge >= 0.3 is 0 Å². The van der Waals surface area contributed by atoms with Gasteiger partial charge in [0.25, 0.3) is 0 Å². The standard InChI is InChI=1S/C15H18N4/c1-10-9-13(14(15(16)17)11(2)18-10)19(3)12-7-5-4-6-8-12/h4-9H,1-3H3,(H3,16,17). The maximum absolute atomic E-state index is 7.75. The predicted octanol–water partition coefficient (Wildman–Crippen LogP) is 2.75. The molecule has 0 bridgehead atoms. The molecule has 0 aliphatic rings. The highest BCUT2D eigenvalue weighted by Gasteiger charge is 2.15. The summed E-state index contributed by atoms with van der Waals surface area (Å²) in [5.41, 5.74) is 10.0. The van der Waals surface area contributed by atoms with Crippen molar-refractivity contribution >= 4 is 17.2 Å². The Morgan fingerprint density at radius 3 is 2.42 bits per heavy atom. The third-order valence-corrected chi connectivity index (χ3v) is 3.08. The van der Waals surface area contributed by atoms with Crippen LogP contribution in [0.2, 0.25) is 0 Å². The van der Waals surface area contributed by atoms with Gasteiger partial charge in [-0.15, -0.1) is 0 Å². The van der Waals surface area contributed by atoms with E-state index in [9.17, 15) is 0 Å². The summed E-state index contributed by atoms with van der Waals surface area (Å²) in [6, 6.07) is 12.0. The molecular weight excluding hydrogens is 236 g/mol. The molecule has 0 atom stereocenters. The molecule has 0 aliphatic heterocycles. The van der Waals surface area contributed by atoms with E-state index in [-0.39, 0.29) is 5.84 Å². The number of aryl methyl sites for hydroxylation is 2. The van der Waals surface area contributed by atoms with Crippen LogP contribution in [-0.2, 0) is 0 Å². The van der Waals surface area contributed by atoms with Gasteiger partial charge in [0.15, 0.2) is 0 Å². The summed E-state index contributed by atoms with van der Waals surface area (Å²) in [6.07, 6.45) is 0. The lowest BCUT2D eigenvalue weighted by Crippen LogP contribution is -2.21. The Kier molecular flexibility index (Phi) is 3.51. The van der Waals surface area contributed by atoms with E-state index in [0.29, 0.717) is 5.56 Å². The van der Waals surface area contributed by atoms with Gasteiger partial charge in [-0.2, -0.15) is 0 Å². The molecule has 19 heavy (non-hydrogen) atoms. The maximum atomic E-state index is 7.75. The number of nitrogens with zero attached hydrogens (tertiary/aromatic N) is 2. The quantitative estimate of drug-likeness (QED) is 0.654. The Labute approximate surface area is 113 Å². The Balaban J connectivity index is 2.58. The number of nitrogen functional groups attached to an aromatic ring is 1. The average molecular weight is 254 g/mol. The van der Waals surface area contributed by atoms with E-state index < -0.39 is 0 Å². The van der Waals surface area contributed by atoms with Crippen LogP contribution in [0.3, 0.4) is 0 Å². The van der Waals surface area contributed by atoms with Gasteiger partial charge in [-0.25, -0.2) is 0 Å². The molecule has 0 saturated carbocycles. The van der Waals surface area contributed by atoms with Gasteiger partial charge in [-0.1, -0.05) is 18.2 Å². The van der Waals surface area contributed by atoms with E-state index in [1.54, 1.807) is 0 Å². The van der Waals surface area contributed by atoms with Crippen LogP contribution in [0.5, 0.6) is 0 Å². The van der Waals surface area contributed by atoms with E-state index in [0.717, 1.165) is 22.8 Å². The molecule has 0 aliphatic carbocycles. The molecule has 0 unspecified atom stereocenters. The van der Waals surface area contributed by atoms with Crippen molar-refractivity contribution in [2.75, 3.05) is 11.9 Å². The number of para-hydroxylation sites is 1. The first-order valence-electron chi connectivity index (χ1n) is 6.12. The third-order valence-electron chi connectivity index (χ3n) is 3.08. The van der Waals surface area contributed by atoms with Crippen molar-refractivity contribution in [3.05, 3.63) is 53.3 Å². The van der Waals surface area contributed by atoms with Crippen molar-refractivity contribution in [2.24, 2.45) is 5.73 Å². The van der Waals surface area contributed by atoms with Crippen LogP contribution in [0.15, 0.2) is 36.4 Å². The average Bonchev–Trinajstić information content (AvgIpc) is 2.37. The minimum atomic E-state index is 0.0442. The predicted molar refractivity (Wildman–Crippen MR) is 79.2 cm³/mol. The molecule has 1 aromatic carbocycles. The molecular formula is C15H18N4. The van der Waals surface area contributed by atoms with E-state index in [1.165, 1.54) is 0 Å². The van der Waals surface area contributed by atoms with Gasteiger partial charge in [0.05, 0.1) is 16.9 Å². The number of amidine groups is 1. The molecule has 2 aromatic rings. The minimum absolute atomic E-state index is 0.0442. The van der Waals surface area contributed by atoms with Crippen molar-refractivity contribution in [3.63, 3.8) is 0 Å². The van der Waals surface area contributed by atoms with Crippen LogP contribution in [-0.4, -0.2) is 17.9 Å². The van der Waals surface area contributed by atoms with Crippen molar-refractivity contribution < 1.29 is 0 Å². The first-order valence-corrected chi connectivity index (χ1v) is 6.12. The smallest absolute Gasteiger partial charge is 0.126 e. The number of hydrogen-bond donors (Lipinski definition) is 2. The summed E-state index contributed by atoms with van der Waals surface area (Å²) in [5.74, 6) is 0.0442. The van der Waals surface area contributed by atoms with Crippen molar-refractivity contribution in [2.45, 2.75) is 13.8 Å². The molecule has 0 spiro atoms. The summed E-state index contributed by atoms with van der Waals surface area (Å²) < 4.78 is 0. The van der Waals surface area contributed by atoms with Gasteiger partial charge in [-0.05, 0) is 32.0 Å². The van der Waals surface area contributed by atoms with Gasteiger partial charge in [-0.3, -0.25) is 10.4 Å². The van der Waals surface area contributed by atoms with Crippen LogP contribution in [0, 0.1) is 19.3 Å². The number of hydrogen-bond acceptors (Lipinski definition) is 3. The third kappa shape index (κ3) is 2.57.